The monoisotopic (exact) mass is 320 g/mol. The number of hydrogen-bond donors (Lipinski definition) is 1. The van der Waals surface area contributed by atoms with Gasteiger partial charge in [-0.3, -0.25) is 9.59 Å². The number of hydrogen-bond acceptors (Lipinski definition) is 4. The van der Waals surface area contributed by atoms with E-state index in [9.17, 15) is 18.0 Å². The second-order valence-electron chi connectivity index (χ2n) is 5.93. The second kappa shape index (κ2) is 6.74. The van der Waals surface area contributed by atoms with E-state index in [1.54, 1.807) is 13.8 Å². The molecule has 0 aliphatic carbocycles. The Kier molecular flexibility index (Phi) is 5.75. The Morgan fingerprint density at radius 1 is 1.29 bits per heavy atom. The summed E-state index contributed by atoms with van der Waals surface area (Å²) in [7, 11) is -1.87. The van der Waals surface area contributed by atoms with E-state index >= 15 is 0 Å². The molecular weight excluding hydrogens is 296 g/mol. The molecular formula is C13H24N2O5S. The van der Waals surface area contributed by atoms with Crippen molar-refractivity contribution in [2.24, 2.45) is 11.8 Å². The molecule has 0 aromatic carbocycles. The van der Waals surface area contributed by atoms with Crippen molar-refractivity contribution in [3.8, 4) is 0 Å². The molecule has 0 aromatic heterocycles. The van der Waals surface area contributed by atoms with Crippen LogP contribution in [0, 0.1) is 11.8 Å². The Balaban J connectivity index is 2.91. The van der Waals surface area contributed by atoms with Crippen LogP contribution in [0.3, 0.4) is 0 Å². The minimum Gasteiger partial charge on any atom is -0.481 e. The second-order valence-corrected chi connectivity index (χ2v) is 7.97. The lowest BCUT2D eigenvalue weighted by Gasteiger charge is -2.32. The maximum absolute atomic E-state index is 12.5. The minimum absolute atomic E-state index is 0.0608. The molecule has 1 rings (SSSR count). The number of amides is 1. The molecule has 21 heavy (non-hydrogen) atoms. The van der Waals surface area contributed by atoms with E-state index in [1.807, 2.05) is 0 Å². The number of carboxylic acid groups (broad SMARTS) is 1. The lowest BCUT2D eigenvalue weighted by atomic mass is 10.0. The molecule has 1 aliphatic heterocycles. The summed E-state index contributed by atoms with van der Waals surface area (Å²) in [6.07, 6.45) is 0.522. The first-order chi connectivity index (χ1) is 9.58. The summed E-state index contributed by atoms with van der Waals surface area (Å²) in [5.41, 5.74) is 0. The van der Waals surface area contributed by atoms with Gasteiger partial charge < -0.3 is 10.0 Å². The van der Waals surface area contributed by atoms with Crippen LogP contribution in [0.1, 0.15) is 27.2 Å². The fraction of sp³-hybridized carbons (Fsp3) is 0.846. The minimum atomic E-state index is -3.39. The van der Waals surface area contributed by atoms with Crippen molar-refractivity contribution >= 4 is 21.9 Å². The average Bonchev–Trinajstić information content (AvgIpc) is 2.68. The number of rotatable bonds is 6. The van der Waals surface area contributed by atoms with E-state index < -0.39 is 28.0 Å². The van der Waals surface area contributed by atoms with Crippen LogP contribution in [0.25, 0.3) is 0 Å². The standard InChI is InChI=1S/C13H24N2O5S/c1-9(2)11(15-6-5-7-21(15,19)20)12(16)14(4)8-10(3)13(17)18/h9-11H,5-8H2,1-4H3,(H,17,18). The first kappa shape index (κ1) is 17.9. The molecule has 0 radical (unpaired) electrons. The predicted octanol–water partition coefficient (Wildman–Crippen LogP) is 0.226. The number of aliphatic carboxylic acids is 1. The van der Waals surface area contributed by atoms with Gasteiger partial charge in [0.05, 0.1) is 11.7 Å². The van der Waals surface area contributed by atoms with Crippen LogP contribution in [-0.2, 0) is 19.6 Å². The average molecular weight is 320 g/mol. The maximum Gasteiger partial charge on any atom is 0.308 e. The highest BCUT2D eigenvalue weighted by Gasteiger charge is 2.41. The fourth-order valence-corrected chi connectivity index (χ4v) is 4.33. The lowest BCUT2D eigenvalue weighted by Crippen LogP contribution is -2.51. The Morgan fingerprint density at radius 3 is 2.24 bits per heavy atom. The molecule has 0 spiro atoms. The molecule has 7 nitrogen and oxygen atoms in total. The van der Waals surface area contributed by atoms with E-state index in [2.05, 4.69) is 0 Å². The van der Waals surface area contributed by atoms with Crippen LogP contribution in [0.15, 0.2) is 0 Å². The predicted molar refractivity (Wildman–Crippen MR) is 78.2 cm³/mol. The van der Waals surface area contributed by atoms with Gasteiger partial charge >= 0.3 is 5.97 Å². The van der Waals surface area contributed by atoms with Crippen LogP contribution < -0.4 is 0 Å². The van der Waals surface area contributed by atoms with Crippen molar-refractivity contribution in [3.05, 3.63) is 0 Å². The zero-order chi connectivity index (χ0) is 16.4. The van der Waals surface area contributed by atoms with E-state index in [4.69, 9.17) is 5.11 Å². The van der Waals surface area contributed by atoms with Gasteiger partial charge in [0.2, 0.25) is 15.9 Å². The summed E-state index contributed by atoms with van der Waals surface area (Å²) in [6, 6.07) is -0.761. The zero-order valence-electron chi connectivity index (χ0n) is 12.9. The summed E-state index contributed by atoms with van der Waals surface area (Å²) in [5, 5.41) is 8.91. The number of carboxylic acids is 1. The lowest BCUT2D eigenvalue weighted by molar-refractivity contribution is -0.143. The van der Waals surface area contributed by atoms with Crippen LogP contribution in [0.5, 0.6) is 0 Å². The Morgan fingerprint density at radius 2 is 1.86 bits per heavy atom. The van der Waals surface area contributed by atoms with Crippen LogP contribution in [0.2, 0.25) is 0 Å². The molecule has 0 bridgehead atoms. The van der Waals surface area contributed by atoms with Crippen LogP contribution >= 0.6 is 0 Å². The quantitative estimate of drug-likeness (QED) is 0.756. The van der Waals surface area contributed by atoms with Gasteiger partial charge in [0.15, 0.2) is 0 Å². The van der Waals surface area contributed by atoms with Crippen molar-refractivity contribution in [3.63, 3.8) is 0 Å². The van der Waals surface area contributed by atoms with Crippen molar-refractivity contribution in [2.45, 2.75) is 33.2 Å². The van der Waals surface area contributed by atoms with Crippen LogP contribution in [0.4, 0.5) is 0 Å². The number of carbonyl (C=O) groups excluding carboxylic acids is 1. The van der Waals surface area contributed by atoms with Gasteiger partial charge in [-0.25, -0.2) is 8.42 Å². The number of likely N-dealkylation sites (N-methyl/N-ethyl adjacent to an activating group) is 1. The third-order valence-electron chi connectivity index (χ3n) is 3.68. The Bertz CT molecular complexity index is 503. The molecule has 1 amide bonds. The number of nitrogens with zero attached hydrogens (tertiary/aromatic N) is 2. The first-order valence-corrected chi connectivity index (χ1v) is 8.66. The van der Waals surface area contributed by atoms with Gasteiger partial charge in [-0.15, -0.1) is 0 Å². The normalized spacial score (nSPS) is 21.2. The summed E-state index contributed by atoms with van der Waals surface area (Å²) in [4.78, 5) is 24.7. The van der Waals surface area contributed by atoms with Gasteiger partial charge in [0, 0.05) is 20.1 Å². The molecule has 1 heterocycles. The molecule has 1 saturated heterocycles. The topological polar surface area (TPSA) is 95.0 Å². The molecule has 1 fully saturated rings. The third kappa shape index (κ3) is 4.16. The highest BCUT2D eigenvalue weighted by atomic mass is 32.2. The maximum atomic E-state index is 12.5. The van der Waals surface area contributed by atoms with E-state index in [0.717, 1.165) is 0 Å². The zero-order valence-corrected chi connectivity index (χ0v) is 13.8. The fourth-order valence-electron chi connectivity index (χ4n) is 2.52. The molecule has 2 unspecified atom stereocenters. The molecule has 0 saturated carbocycles. The SMILES string of the molecule is CC(CN(C)C(=O)C(C(C)C)N1CCCS1(=O)=O)C(=O)O. The van der Waals surface area contributed by atoms with Gasteiger partial charge in [-0.2, -0.15) is 4.31 Å². The third-order valence-corrected chi connectivity index (χ3v) is 5.61. The Hall–Kier alpha value is -1.15. The number of sulfonamides is 1. The Labute approximate surface area is 126 Å². The van der Waals surface area contributed by atoms with Gasteiger partial charge in [-0.1, -0.05) is 20.8 Å². The van der Waals surface area contributed by atoms with Gasteiger partial charge in [-0.05, 0) is 12.3 Å². The largest absolute Gasteiger partial charge is 0.481 e. The van der Waals surface area contributed by atoms with Gasteiger partial charge in [0.1, 0.15) is 6.04 Å². The highest BCUT2D eigenvalue weighted by molar-refractivity contribution is 7.89. The summed E-state index contributed by atoms with van der Waals surface area (Å²) in [6.45, 7) is 5.52. The smallest absolute Gasteiger partial charge is 0.308 e. The molecule has 8 heteroatoms. The van der Waals surface area contributed by atoms with Gasteiger partial charge in [0.25, 0.3) is 0 Å². The van der Waals surface area contributed by atoms with E-state index in [1.165, 1.54) is 23.2 Å². The highest BCUT2D eigenvalue weighted by Crippen LogP contribution is 2.23. The molecule has 1 N–H and O–H groups in total. The molecule has 122 valence electrons. The van der Waals surface area contributed by atoms with Crippen LogP contribution in [-0.4, -0.2) is 66.5 Å². The molecule has 0 aromatic rings. The van der Waals surface area contributed by atoms with E-state index in [-0.39, 0.29) is 24.1 Å². The summed E-state index contributed by atoms with van der Waals surface area (Å²) < 4.78 is 25.3. The molecule has 1 aliphatic rings. The van der Waals surface area contributed by atoms with Crippen molar-refractivity contribution in [2.75, 3.05) is 25.9 Å². The van der Waals surface area contributed by atoms with Crippen molar-refractivity contribution in [1.29, 1.82) is 0 Å². The summed E-state index contributed by atoms with van der Waals surface area (Å²) >= 11 is 0. The van der Waals surface area contributed by atoms with Crippen molar-refractivity contribution < 1.29 is 23.1 Å². The first-order valence-electron chi connectivity index (χ1n) is 7.05. The summed E-state index contributed by atoms with van der Waals surface area (Å²) in [5.74, 6) is -2.12. The van der Waals surface area contributed by atoms with Crippen molar-refractivity contribution in [1.82, 2.24) is 9.21 Å². The molecule has 2 atom stereocenters. The van der Waals surface area contributed by atoms with E-state index in [0.29, 0.717) is 13.0 Å². The number of carbonyl (C=O) groups is 2.